The van der Waals surface area contributed by atoms with Gasteiger partial charge in [-0.15, -0.1) is 0 Å². The molecule has 5 heteroatoms. The summed E-state index contributed by atoms with van der Waals surface area (Å²) in [6, 6.07) is -0.782. The van der Waals surface area contributed by atoms with Gasteiger partial charge >= 0.3 is 5.97 Å². The third kappa shape index (κ3) is 4.00. The van der Waals surface area contributed by atoms with E-state index in [2.05, 4.69) is 5.32 Å². The van der Waals surface area contributed by atoms with Gasteiger partial charge < -0.3 is 15.2 Å². The Hall–Kier alpha value is -1.10. The van der Waals surface area contributed by atoms with Crippen molar-refractivity contribution in [1.29, 1.82) is 0 Å². The van der Waals surface area contributed by atoms with E-state index in [1.165, 1.54) is 0 Å². The van der Waals surface area contributed by atoms with Crippen LogP contribution in [-0.4, -0.2) is 35.2 Å². The monoisotopic (exact) mass is 243 g/mol. The van der Waals surface area contributed by atoms with Crippen molar-refractivity contribution in [1.82, 2.24) is 5.32 Å². The predicted molar refractivity (Wildman–Crippen MR) is 62.6 cm³/mol. The average molecular weight is 243 g/mol. The minimum Gasteiger partial charge on any atom is -0.480 e. The maximum atomic E-state index is 11.9. The first-order valence-corrected chi connectivity index (χ1v) is 6.12. The highest BCUT2D eigenvalue weighted by Crippen LogP contribution is 2.24. The van der Waals surface area contributed by atoms with Crippen molar-refractivity contribution in [3.8, 4) is 0 Å². The lowest BCUT2D eigenvalue weighted by atomic mass is 9.91. The first-order valence-electron chi connectivity index (χ1n) is 6.12. The third-order valence-electron chi connectivity index (χ3n) is 3.09. The van der Waals surface area contributed by atoms with Crippen molar-refractivity contribution in [2.24, 2.45) is 5.92 Å². The first-order chi connectivity index (χ1) is 7.93. The van der Waals surface area contributed by atoms with Crippen LogP contribution in [0.1, 0.15) is 40.0 Å². The van der Waals surface area contributed by atoms with Crippen LogP contribution >= 0.6 is 0 Å². The molecule has 98 valence electrons. The molecule has 0 aromatic rings. The van der Waals surface area contributed by atoms with Crippen LogP contribution in [-0.2, 0) is 14.3 Å². The number of carboxylic acid groups (broad SMARTS) is 1. The number of carboxylic acids is 1. The zero-order valence-corrected chi connectivity index (χ0v) is 10.6. The summed E-state index contributed by atoms with van der Waals surface area (Å²) in [7, 11) is 0. The van der Waals surface area contributed by atoms with Crippen molar-refractivity contribution in [3.05, 3.63) is 0 Å². The summed E-state index contributed by atoms with van der Waals surface area (Å²) in [4.78, 5) is 22.8. The Kier molecular flexibility index (Phi) is 4.93. The second-order valence-electron chi connectivity index (χ2n) is 4.73. The van der Waals surface area contributed by atoms with Gasteiger partial charge in [-0.2, -0.15) is 0 Å². The second-order valence-corrected chi connectivity index (χ2v) is 4.73. The van der Waals surface area contributed by atoms with E-state index in [0.29, 0.717) is 19.3 Å². The fourth-order valence-electron chi connectivity index (χ4n) is 2.25. The van der Waals surface area contributed by atoms with Crippen LogP contribution in [0.3, 0.4) is 0 Å². The highest BCUT2D eigenvalue weighted by Gasteiger charge is 2.31. The molecule has 3 atom stereocenters. The van der Waals surface area contributed by atoms with Gasteiger partial charge in [0.15, 0.2) is 0 Å². The number of nitrogens with one attached hydrogen (secondary N) is 1. The standard InChI is InChI=1S/C12H21NO4/c1-4-10(12(15)16)13-11(14)9-5-7(2)17-8(3)6-9/h7-10H,4-6H2,1-3H3,(H,13,14)(H,15,16). The van der Waals surface area contributed by atoms with E-state index in [1.54, 1.807) is 6.92 Å². The topological polar surface area (TPSA) is 75.6 Å². The maximum Gasteiger partial charge on any atom is 0.326 e. The molecule has 0 aliphatic carbocycles. The van der Waals surface area contributed by atoms with Gasteiger partial charge in [-0.25, -0.2) is 4.79 Å². The quantitative estimate of drug-likeness (QED) is 0.777. The highest BCUT2D eigenvalue weighted by molar-refractivity contribution is 5.85. The number of amides is 1. The smallest absolute Gasteiger partial charge is 0.326 e. The molecule has 5 nitrogen and oxygen atoms in total. The van der Waals surface area contributed by atoms with Crippen molar-refractivity contribution >= 4 is 11.9 Å². The van der Waals surface area contributed by atoms with Crippen LogP contribution in [0.2, 0.25) is 0 Å². The maximum absolute atomic E-state index is 11.9. The van der Waals surface area contributed by atoms with E-state index in [4.69, 9.17) is 9.84 Å². The number of hydrogen-bond donors (Lipinski definition) is 2. The molecule has 0 saturated carbocycles. The number of rotatable bonds is 4. The third-order valence-corrected chi connectivity index (χ3v) is 3.09. The summed E-state index contributed by atoms with van der Waals surface area (Å²) in [5.41, 5.74) is 0. The highest BCUT2D eigenvalue weighted by atomic mass is 16.5. The van der Waals surface area contributed by atoms with Crippen molar-refractivity contribution in [2.45, 2.75) is 58.3 Å². The summed E-state index contributed by atoms with van der Waals surface area (Å²) in [6.45, 7) is 5.61. The summed E-state index contributed by atoms with van der Waals surface area (Å²) in [5, 5.41) is 11.5. The van der Waals surface area contributed by atoms with Gasteiger partial charge in [0.25, 0.3) is 0 Å². The Morgan fingerprint density at radius 1 is 1.35 bits per heavy atom. The Morgan fingerprint density at radius 3 is 2.29 bits per heavy atom. The van der Waals surface area contributed by atoms with Gasteiger partial charge in [0, 0.05) is 5.92 Å². The zero-order chi connectivity index (χ0) is 13.0. The van der Waals surface area contributed by atoms with E-state index in [9.17, 15) is 9.59 Å². The SMILES string of the molecule is CCC(NC(=O)C1CC(C)OC(C)C1)C(=O)O. The Balaban J connectivity index is 2.54. The molecular formula is C12H21NO4. The second kappa shape index (κ2) is 6.00. The molecule has 1 amide bonds. The molecule has 0 radical (unpaired) electrons. The molecular weight excluding hydrogens is 222 g/mol. The van der Waals surface area contributed by atoms with Gasteiger partial charge in [-0.1, -0.05) is 6.92 Å². The molecule has 0 aromatic carbocycles. The van der Waals surface area contributed by atoms with Crippen LogP contribution in [0.5, 0.6) is 0 Å². The number of ether oxygens (including phenoxy) is 1. The predicted octanol–water partition coefficient (Wildman–Crippen LogP) is 1.17. The number of carbonyl (C=O) groups excluding carboxylic acids is 1. The molecule has 17 heavy (non-hydrogen) atoms. The average Bonchev–Trinajstić information content (AvgIpc) is 2.23. The van der Waals surface area contributed by atoms with Crippen molar-refractivity contribution in [3.63, 3.8) is 0 Å². The molecule has 1 aliphatic rings. The van der Waals surface area contributed by atoms with Crippen LogP contribution in [0, 0.1) is 5.92 Å². The molecule has 0 spiro atoms. The van der Waals surface area contributed by atoms with Gasteiger partial charge in [0.1, 0.15) is 6.04 Å². The minimum absolute atomic E-state index is 0.0550. The van der Waals surface area contributed by atoms with Gasteiger partial charge in [-0.05, 0) is 33.1 Å². The molecule has 0 bridgehead atoms. The van der Waals surface area contributed by atoms with Gasteiger partial charge in [-0.3, -0.25) is 4.79 Å². The molecule has 1 heterocycles. The van der Waals surface area contributed by atoms with Crippen LogP contribution in [0.15, 0.2) is 0 Å². The fraction of sp³-hybridized carbons (Fsp3) is 0.833. The zero-order valence-electron chi connectivity index (χ0n) is 10.6. The minimum atomic E-state index is -0.978. The van der Waals surface area contributed by atoms with Crippen molar-refractivity contribution < 1.29 is 19.4 Å². The lowest BCUT2D eigenvalue weighted by molar-refractivity contribution is -0.144. The van der Waals surface area contributed by atoms with E-state index in [0.717, 1.165) is 0 Å². The molecule has 1 aliphatic heterocycles. The summed E-state index contributed by atoms with van der Waals surface area (Å²) in [6.07, 6.45) is 1.83. The van der Waals surface area contributed by atoms with Crippen LogP contribution in [0.25, 0.3) is 0 Å². The van der Waals surface area contributed by atoms with E-state index in [-0.39, 0.29) is 24.0 Å². The Labute approximate surface area is 102 Å². The van der Waals surface area contributed by atoms with E-state index in [1.807, 2.05) is 13.8 Å². The van der Waals surface area contributed by atoms with Gasteiger partial charge in [0.05, 0.1) is 12.2 Å². The van der Waals surface area contributed by atoms with Crippen LogP contribution < -0.4 is 5.32 Å². The fourth-order valence-corrected chi connectivity index (χ4v) is 2.25. The molecule has 2 N–H and O–H groups in total. The lowest BCUT2D eigenvalue weighted by Gasteiger charge is -2.31. The largest absolute Gasteiger partial charge is 0.480 e. The Morgan fingerprint density at radius 2 is 1.88 bits per heavy atom. The first kappa shape index (κ1) is 14.0. The lowest BCUT2D eigenvalue weighted by Crippen LogP contribution is -2.46. The number of hydrogen-bond acceptors (Lipinski definition) is 3. The molecule has 3 unspecified atom stereocenters. The van der Waals surface area contributed by atoms with Gasteiger partial charge in [0.2, 0.25) is 5.91 Å². The van der Waals surface area contributed by atoms with Crippen LogP contribution in [0.4, 0.5) is 0 Å². The molecule has 1 saturated heterocycles. The van der Waals surface area contributed by atoms with E-state index >= 15 is 0 Å². The van der Waals surface area contributed by atoms with E-state index < -0.39 is 12.0 Å². The van der Waals surface area contributed by atoms with Crippen molar-refractivity contribution in [2.75, 3.05) is 0 Å². The number of carbonyl (C=O) groups is 2. The summed E-state index contributed by atoms with van der Waals surface area (Å²) in [5.74, 6) is -1.28. The Bertz CT molecular complexity index is 282. The molecule has 0 aromatic heterocycles. The normalized spacial score (nSPS) is 30.6. The summed E-state index contributed by atoms with van der Waals surface area (Å²) >= 11 is 0. The molecule has 1 fully saturated rings. The summed E-state index contributed by atoms with van der Waals surface area (Å²) < 4.78 is 5.55. The number of aliphatic carboxylic acids is 1. The molecule has 1 rings (SSSR count).